The van der Waals surface area contributed by atoms with Crippen LogP contribution in [-0.2, 0) is 0 Å². The van der Waals surface area contributed by atoms with E-state index in [-0.39, 0.29) is 6.61 Å². The summed E-state index contributed by atoms with van der Waals surface area (Å²) in [5, 5.41) is 10.2. The summed E-state index contributed by atoms with van der Waals surface area (Å²) in [5.74, 6) is 0.684. The normalized spacial score (nSPS) is 27.1. The average Bonchev–Trinajstić information content (AvgIpc) is 2.60. The number of hydrogen-bond acceptors (Lipinski definition) is 2. The van der Waals surface area contributed by atoms with Gasteiger partial charge in [-0.05, 0) is 18.7 Å². The van der Waals surface area contributed by atoms with Gasteiger partial charge in [-0.3, -0.25) is 0 Å². The molecule has 0 spiro atoms. The Morgan fingerprint density at radius 1 is 1.40 bits per heavy atom. The summed E-state index contributed by atoms with van der Waals surface area (Å²) in [5.41, 5.74) is 1.17. The van der Waals surface area contributed by atoms with Crippen molar-refractivity contribution in [1.82, 2.24) is 4.90 Å². The van der Waals surface area contributed by atoms with Crippen molar-refractivity contribution in [3.8, 4) is 0 Å². The summed E-state index contributed by atoms with van der Waals surface area (Å²) in [6.45, 7) is 2.17. The number of aliphatic hydroxyl groups excluding tert-OH is 1. The van der Waals surface area contributed by atoms with Gasteiger partial charge in [0.15, 0.2) is 0 Å². The molecule has 0 radical (unpaired) electrons. The van der Waals surface area contributed by atoms with Crippen LogP contribution in [0.2, 0.25) is 5.02 Å². The van der Waals surface area contributed by atoms with Crippen LogP contribution >= 0.6 is 11.6 Å². The molecule has 0 saturated carbocycles. The van der Waals surface area contributed by atoms with Crippen molar-refractivity contribution >= 4 is 11.6 Å². The number of nitrogens with zero attached hydrogens (tertiary/aromatic N) is 1. The van der Waals surface area contributed by atoms with Gasteiger partial charge < -0.3 is 10.0 Å². The van der Waals surface area contributed by atoms with E-state index >= 15 is 0 Å². The van der Waals surface area contributed by atoms with Crippen LogP contribution in [0.1, 0.15) is 11.5 Å². The van der Waals surface area contributed by atoms with Crippen LogP contribution < -0.4 is 0 Å². The van der Waals surface area contributed by atoms with Crippen LogP contribution in [0.15, 0.2) is 24.3 Å². The lowest BCUT2D eigenvalue weighted by molar-refractivity contribution is 0.219. The Bertz CT molecular complexity index is 342. The SMILES string of the molecule is CN1C[C@H](CO)[C@H](c2ccccc2Cl)C1. The summed E-state index contributed by atoms with van der Waals surface area (Å²) in [4.78, 5) is 2.24. The summed E-state index contributed by atoms with van der Waals surface area (Å²) in [6.07, 6.45) is 0. The van der Waals surface area contributed by atoms with Gasteiger partial charge in [-0.2, -0.15) is 0 Å². The molecular formula is C12H16ClNO. The third-order valence-electron chi connectivity index (χ3n) is 3.16. The Morgan fingerprint density at radius 3 is 2.80 bits per heavy atom. The zero-order valence-corrected chi connectivity index (χ0v) is 9.61. The predicted molar refractivity (Wildman–Crippen MR) is 62.3 cm³/mol. The zero-order valence-electron chi connectivity index (χ0n) is 8.86. The molecule has 1 fully saturated rings. The highest BCUT2D eigenvalue weighted by Crippen LogP contribution is 2.35. The predicted octanol–water partition coefficient (Wildman–Crippen LogP) is 1.98. The van der Waals surface area contributed by atoms with Crippen molar-refractivity contribution in [2.75, 3.05) is 26.7 Å². The molecule has 1 heterocycles. The van der Waals surface area contributed by atoms with Crippen LogP contribution in [0.3, 0.4) is 0 Å². The molecule has 2 nitrogen and oxygen atoms in total. The first-order chi connectivity index (χ1) is 7.22. The van der Waals surface area contributed by atoms with Crippen LogP contribution in [0.5, 0.6) is 0 Å². The standard InChI is InChI=1S/C12H16ClNO/c1-14-6-9(8-15)11(7-14)10-4-2-3-5-12(10)13/h2-5,9,11,15H,6-8H2,1H3/t9-,11-/m1/s1. The Hall–Kier alpha value is -0.570. The lowest BCUT2D eigenvalue weighted by Gasteiger charge is -2.17. The van der Waals surface area contributed by atoms with E-state index in [1.165, 1.54) is 5.56 Å². The van der Waals surface area contributed by atoms with Gasteiger partial charge in [-0.15, -0.1) is 0 Å². The van der Waals surface area contributed by atoms with E-state index in [2.05, 4.69) is 18.0 Å². The highest BCUT2D eigenvalue weighted by Gasteiger charge is 2.32. The monoisotopic (exact) mass is 225 g/mol. The molecule has 0 aliphatic carbocycles. The van der Waals surface area contributed by atoms with Gasteiger partial charge in [-0.1, -0.05) is 29.8 Å². The number of likely N-dealkylation sites (N-methyl/N-ethyl adjacent to an activating group) is 1. The summed E-state index contributed by atoms with van der Waals surface area (Å²) < 4.78 is 0. The second kappa shape index (κ2) is 4.52. The molecule has 1 aliphatic heterocycles. The van der Waals surface area contributed by atoms with E-state index in [0.717, 1.165) is 18.1 Å². The molecule has 0 unspecified atom stereocenters. The zero-order chi connectivity index (χ0) is 10.8. The first-order valence-electron chi connectivity index (χ1n) is 5.26. The van der Waals surface area contributed by atoms with E-state index in [4.69, 9.17) is 11.6 Å². The molecule has 1 aromatic rings. The van der Waals surface area contributed by atoms with Crippen molar-refractivity contribution in [3.63, 3.8) is 0 Å². The van der Waals surface area contributed by atoms with Gasteiger partial charge in [0.25, 0.3) is 0 Å². The van der Waals surface area contributed by atoms with Gasteiger partial charge in [0.2, 0.25) is 0 Å². The lowest BCUT2D eigenvalue weighted by atomic mass is 9.89. The molecule has 1 N–H and O–H groups in total. The molecule has 1 saturated heterocycles. The third kappa shape index (κ3) is 2.17. The molecular weight excluding hydrogens is 210 g/mol. The lowest BCUT2D eigenvalue weighted by Crippen LogP contribution is -2.16. The van der Waals surface area contributed by atoms with Crippen molar-refractivity contribution in [2.24, 2.45) is 5.92 Å². The van der Waals surface area contributed by atoms with Crippen LogP contribution in [-0.4, -0.2) is 36.8 Å². The molecule has 1 aliphatic rings. The Balaban J connectivity index is 2.26. The molecule has 82 valence electrons. The second-order valence-corrected chi connectivity index (χ2v) is 4.70. The fraction of sp³-hybridized carbons (Fsp3) is 0.500. The van der Waals surface area contributed by atoms with E-state index in [9.17, 15) is 5.11 Å². The average molecular weight is 226 g/mol. The highest BCUT2D eigenvalue weighted by atomic mass is 35.5. The fourth-order valence-corrected chi connectivity index (χ4v) is 2.68. The van der Waals surface area contributed by atoms with Gasteiger partial charge in [0.1, 0.15) is 0 Å². The number of aliphatic hydroxyl groups is 1. The largest absolute Gasteiger partial charge is 0.396 e. The molecule has 3 heteroatoms. The summed E-state index contributed by atoms with van der Waals surface area (Å²) >= 11 is 6.17. The van der Waals surface area contributed by atoms with Crippen molar-refractivity contribution < 1.29 is 5.11 Å². The quantitative estimate of drug-likeness (QED) is 0.832. The molecule has 15 heavy (non-hydrogen) atoms. The van der Waals surface area contributed by atoms with Gasteiger partial charge in [0, 0.05) is 36.6 Å². The van der Waals surface area contributed by atoms with Crippen molar-refractivity contribution in [3.05, 3.63) is 34.9 Å². The van der Waals surface area contributed by atoms with Gasteiger partial charge in [-0.25, -0.2) is 0 Å². The highest BCUT2D eigenvalue weighted by molar-refractivity contribution is 6.31. The van der Waals surface area contributed by atoms with Gasteiger partial charge >= 0.3 is 0 Å². The smallest absolute Gasteiger partial charge is 0.0477 e. The maximum atomic E-state index is 9.34. The van der Waals surface area contributed by atoms with Crippen LogP contribution in [0, 0.1) is 5.92 Å². The van der Waals surface area contributed by atoms with Crippen LogP contribution in [0.25, 0.3) is 0 Å². The topological polar surface area (TPSA) is 23.5 Å². The Morgan fingerprint density at radius 2 is 2.13 bits per heavy atom. The van der Waals surface area contributed by atoms with Gasteiger partial charge in [0.05, 0.1) is 0 Å². The molecule has 1 aromatic carbocycles. The minimum atomic E-state index is 0.236. The fourth-order valence-electron chi connectivity index (χ4n) is 2.40. The second-order valence-electron chi connectivity index (χ2n) is 4.29. The Labute approximate surface area is 95.5 Å². The molecule has 0 amide bonds. The molecule has 0 bridgehead atoms. The molecule has 0 aromatic heterocycles. The van der Waals surface area contributed by atoms with Crippen LogP contribution in [0.4, 0.5) is 0 Å². The minimum Gasteiger partial charge on any atom is -0.396 e. The number of benzene rings is 1. The van der Waals surface area contributed by atoms with E-state index in [1.54, 1.807) is 0 Å². The number of rotatable bonds is 2. The number of halogens is 1. The first kappa shape index (κ1) is 10.9. The first-order valence-corrected chi connectivity index (χ1v) is 5.64. The molecule has 2 atom stereocenters. The van der Waals surface area contributed by atoms with E-state index in [0.29, 0.717) is 11.8 Å². The van der Waals surface area contributed by atoms with E-state index < -0.39 is 0 Å². The molecule has 2 rings (SSSR count). The van der Waals surface area contributed by atoms with E-state index in [1.807, 2.05) is 18.2 Å². The maximum Gasteiger partial charge on any atom is 0.0477 e. The summed E-state index contributed by atoms with van der Waals surface area (Å²) in [6, 6.07) is 7.94. The summed E-state index contributed by atoms with van der Waals surface area (Å²) in [7, 11) is 2.08. The number of likely N-dealkylation sites (tertiary alicyclic amines) is 1. The third-order valence-corrected chi connectivity index (χ3v) is 3.51. The minimum absolute atomic E-state index is 0.236. The van der Waals surface area contributed by atoms with Crippen molar-refractivity contribution in [1.29, 1.82) is 0 Å². The van der Waals surface area contributed by atoms with Crippen molar-refractivity contribution in [2.45, 2.75) is 5.92 Å². The maximum absolute atomic E-state index is 9.34. The Kier molecular flexibility index (Phi) is 3.29. The number of hydrogen-bond donors (Lipinski definition) is 1.